The topological polar surface area (TPSA) is 46.3 Å². The Kier molecular flexibility index (Phi) is 2.08. The minimum absolute atomic E-state index is 0.0797. The van der Waals surface area contributed by atoms with Gasteiger partial charge in [0.15, 0.2) is 17.2 Å². The second-order valence-corrected chi connectivity index (χ2v) is 3.67. The van der Waals surface area contributed by atoms with Gasteiger partial charge in [-0.05, 0) is 24.3 Å². The third-order valence-electron chi connectivity index (χ3n) is 2.50. The van der Waals surface area contributed by atoms with Crippen LogP contribution in [0.5, 0.6) is 5.75 Å². The molecule has 0 bridgehead atoms. The number of nitrogens with zero attached hydrogens (tertiary/aromatic N) is 1. The largest absolute Gasteiger partial charge is 0.506 e. The van der Waals surface area contributed by atoms with E-state index in [1.165, 1.54) is 18.3 Å². The molecule has 0 saturated carbocycles. The average molecular weight is 229 g/mol. The van der Waals surface area contributed by atoms with Crippen molar-refractivity contribution in [3.8, 4) is 17.2 Å². The van der Waals surface area contributed by atoms with Crippen LogP contribution < -0.4 is 0 Å². The van der Waals surface area contributed by atoms with Crippen LogP contribution in [0.2, 0.25) is 0 Å². The van der Waals surface area contributed by atoms with Crippen LogP contribution in [0.25, 0.3) is 22.4 Å². The van der Waals surface area contributed by atoms with Crippen LogP contribution in [-0.4, -0.2) is 10.1 Å². The number of fused-ring (bicyclic) bond motifs is 1. The van der Waals surface area contributed by atoms with Gasteiger partial charge in [0.2, 0.25) is 0 Å². The summed E-state index contributed by atoms with van der Waals surface area (Å²) in [6, 6.07) is 9.58. The lowest BCUT2D eigenvalue weighted by atomic mass is 10.2. The maximum Gasteiger partial charge on any atom is 0.170 e. The summed E-state index contributed by atoms with van der Waals surface area (Å²) < 4.78 is 18.8. The van der Waals surface area contributed by atoms with Crippen molar-refractivity contribution in [2.45, 2.75) is 0 Å². The third-order valence-corrected chi connectivity index (χ3v) is 2.50. The monoisotopic (exact) mass is 229 g/mol. The van der Waals surface area contributed by atoms with Crippen molar-refractivity contribution >= 4 is 11.0 Å². The van der Waals surface area contributed by atoms with E-state index < -0.39 is 5.82 Å². The minimum Gasteiger partial charge on any atom is -0.506 e. The van der Waals surface area contributed by atoms with Crippen molar-refractivity contribution in [1.29, 1.82) is 0 Å². The fraction of sp³-hybridized carbons (Fsp3) is 0. The molecule has 17 heavy (non-hydrogen) atoms. The second-order valence-electron chi connectivity index (χ2n) is 3.67. The third kappa shape index (κ3) is 1.63. The van der Waals surface area contributed by atoms with Crippen LogP contribution in [0, 0.1) is 5.82 Å². The van der Waals surface area contributed by atoms with Crippen LogP contribution in [0.3, 0.4) is 0 Å². The van der Waals surface area contributed by atoms with E-state index in [-0.39, 0.29) is 11.3 Å². The summed E-state index contributed by atoms with van der Waals surface area (Å²) in [5.74, 6) is 0.161. The van der Waals surface area contributed by atoms with Gasteiger partial charge in [-0.3, -0.25) is 0 Å². The molecular formula is C13H8FNO2. The average Bonchev–Trinajstić information content (AvgIpc) is 2.75. The molecule has 4 heteroatoms. The smallest absolute Gasteiger partial charge is 0.170 e. The molecule has 0 fully saturated rings. The Labute approximate surface area is 96.1 Å². The molecule has 0 radical (unpaired) electrons. The van der Waals surface area contributed by atoms with Crippen molar-refractivity contribution < 1.29 is 13.9 Å². The van der Waals surface area contributed by atoms with Crippen LogP contribution in [-0.2, 0) is 0 Å². The molecule has 1 aromatic carbocycles. The van der Waals surface area contributed by atoms with E-state index in [4.69, 9.17) is 9.52 Å². The predicted molar refractivity (Wildman–Crippen MR) is 61.1 cm³/mol. The first kappa shape index (κ1) is 9.84. The van der Waals surface area contributed by atoms with Gasteiger partial charge in [-0.25, -0.2) is 9.37 Å². The highest BCUT2D eigenvalue weighted by Crippen LogP contribution is 2.28. The van der Waals surface area contributed by atoms with Gasteiger partial charge in [-0.2, -0.15) is 0 Å². The summed E-state index contributed by atoms with van der Waals surface area (Å²) in [6.07, 6.45) is 1.32. The van der Waals surface area contributed by atoms with Crippen molar-refractivity contribution in [3.63, 3.8) is 0 Å². The van der Waals surface area contributed by atoms with Gasteiger partial charge in [-0.15, -0.1) is 0 Å². The Morgan fingerprint density at radius 1 is 1.18 bits per heavy atom. The van der Waals surface area contributed by atoms with E-state index in [0.717, 1.165) is 0 Å². The molecule has 3 aromatic rings. The first-order chi connectivity index (χ1) is 8.24. The van der Waals surface area contributed by atoms with Gasteiger partial charge in [0.05, 0.1) is 6.20 Å². The highest BCUT2D eigenvalue weighted by molar-refractivity contribution is 5.82. The first-order valence-corrected chi connectivity index (χ1v) is 5.07. The highest BCUT2D eigenvalue weighted by Gasteiger charge is 2.10. The molecule has 0 amide bonds. The fourth-order valence-corrected chi connectivity index (χ4v) is 1.69. The molecule has 0 unspecified atom stereocenters. The minimum atomic E-state index is -0.396. The fourth-order valence-electron chi connectivity index (χ4n) is 1.69. The van der Waals surface area contributed by atoms with Crippen molar-refractivity contribution in [3.05, 3.63) is 48.4 Å². The summed E-state index contributed by atoms with van der Waals surface area (Å²) in [7, 11) is 0. The number of aromatic hydroxyl groups is 1. The Hall–Kier alpha value is -2.36. The molecule has 0 aliphatic rings. The maximum atomic E-state index is 13.4. The van der Waals surface area contributed by atoms with E-state index >= 15 is 0 Å². The molecule has 0 saturated heterocycles. The number of hydrogen-bond acceptors (Lipinski definition) is 3. The number of aromatic nitrogens is 1. The standard InChI is InChI=1S/C13H8FNO2/c14-10-3-1-2-8-6-12(17-13(8)10)11-5-4-9(16)7-15-11/h1-7,16H. The van der Waals surface area contributed by atoms with Crippen LogP contribution >= 0.6 is 0 Å². The Balaban J connectivity index is 2.18. The van der Waals surface area contributed by atoms with Crippen LogP contribution in [0.15, 0.2) is 47.0 Å². The number of halogens is 1. The van der Waals surface area contributed by atoms with Gasteiger partial charge >= 0.3 is 0 Å². The van der Waals surface area contributed by atoms with Crippen molar-refractivity contribution in [1.82, 2.24) is 4.98 Å². The lowest BCUT2D eigenvalue weighted by molar-refractivity contribution is 0.472. The van der Waals surface area contributed by atoms with Crippen LogP contribution in [0.4, 0.5) is 4.39 Å². The molecule has 0 aliphatic heterocycles. The SMILES string of the molecule is Oc1ccc(-c2cc3cccc(F)c3o2)nc1. The molecule has 3 rings (SSSR count). The van der Waals surface area contributed by atoms with E-state index in [1.807, 2.05) is 0 Å². The summed E-state index contributed by atoms with van der Waals surface area (Å²) in [5, 5.41) is 9.82. The molecule has 1 N–H and O–H groups in total. The molecule has 2 aromatic heterocycles. The predicted octanol–water partition coefficient (Wildman–Crippen LogP) is 3.34. The molecule has 84 valence electrons. The summed E-state index contributed by atoms with van der Waals surface area (Å²) in [5.41, 5.74) is 0.774. The van der Waals surface area contributed by atoms with Crippen molar-refractivity contribution in [2.75, 3.05) is 0 Å². The Morgan fingerprint density at radius 3 is 2.76 bits per heavy atom. The number of rotatable bonds is 1. The Morgan fingerprint density at radius 2 is 2.06 bits per heavy atom. The molecule has 2 heterocycles. The number of para-hydroxylation sites is 1. The lowest BCUT2D eigenvalue weighted by Crippen LogP contribution is -1.78. The quantitative estimate of drug-likeness (QED) is 0.696. The Bertz CT molecular complexity index is 673. The zero-order valence-electron chi connectivity index (χ0n) is 8.72. The van der Waals surface area contributed by atoms with E-state index in [9.17, 15) is 4.39 Å². The number of furan rings is 1. The number of pyridine rings is 1. The van der Waals surface area contributed by atoms with E-state index in [0.29, 0.717) is 16.8 Å². The van der Waals surface area contributed by atoms with Gasteiger partial charge in [0, 0.05) is 5.39 Å². The van der Waals surface area contributed by atoms with Gasteiger partial charge in [-0.1, -0.05) is 12.1 Å². The second kappa shape index (κ2) is 3.59. The van der Waals surface area contributed by atoms with E-state index in [1.54, 1.807) is 24.3 Å². The summed E-state index contributed by atoms with van der Waals surface area (Å²) >= 11 is 0. The summed E-state index contributed by atoms with van der Waals surface area (Å²) in [6.45, 7) is 0. The zero-order valence-corrected chi connectivity index (χ0v) is 8.72. The number of hydrogen-bond donors (Lipinski definition) is 1. The number of benzene rings is 1. The molecular weight excluding hydrogens is 221 g/mol. The van der Waals surface area contributed by atoms with Crippen LogP contribution in [0.1, 0.15) is 0 Å². The highest BCUT2D eigenvalue weighted by atomic mass is 19.1. The van der Waals surface area contributed by atoms with Gasteiger partial charge in [0.1, 0.15) is 11.4 Å². The molecule has 3 nitrogen and oxygen atoms in total. The lowest BCUT2D eigenvalue weighted by Gasteiger charge is -1.95. The zero-order chi connectivity index (χ0) is 11.8. The van der Waals surface area contributed by atoms with Gasteiger partial charge in [0.25, 0.3) is 0 Å². The molecule has 0 spiro atoms. The van der Waals surface area contributed by atoms with Crippen molar-refractivity contribution in [2.24, 2.45) is 0 Å². The molecule has 0 atom stereocenters. The normalized spacial score (nSPS) is 10.9. The maximum absolute atomic E-state index is 13.4. The molecule has 0 aliphatic carbocycles. The first-order valence-electron chi connectivity index (χ1n) is 5.07. The van der Waals surface area contributed by atoms with Gasteiger partial charge < -0.3 is 9.52 Å². The van der Waals surface area contributed by atoms with E-state index in [2.05, 4.69) is 4.98 Å². The summed E-state index contributed by atoms with van der Waals surface area (Å²) in [4.78, 5) is 4.01.